The number of rotatable bonds is 15. The van der Waals surface area contributed by atoms with Crippen molar-refractivity contribution in [1.82, 2.24) is 83.1 Å². The Labute approximate surface area is 837 Å². The Morgan fingerprint density at radius 2 is 0.582 bits per heavy atom. The van der Waals surface area contributed by atoms with Crippen LogP contribution in [-0.2, 0) is 19.6 Å². The van der Waals surface area contributed by atoms with Crippen LogP contribution in [0.3, 0.4) is 0 Å². The minimum atomic E-state index is -0.271. The van der Waals surface area contributed by atoms with Crippen molar-refractivity contribution < 1.29 is 20.4 Å². The van der Waals surface area contributed by atoms with Gasteiger partial charge in [-0.05, 0) is 242 Å². The molecular formula is C110H166BN22O8. The lowest BCUT2D eigenvalue weighted by molar-refractivity contribution is 0.110. The minimum Gasteiger partial charge on any atom is -0.393 e. The van der Waals surface area contributed by atoms with Gasteiger partial charge in [-0.15, -0.1) is 0 Å². The quantitative estimate of drug-likeness (QED) is 0.0340. The fourth-order valence-electron chi connectivity index (χ4n) is 21.5. The van der Waals surface area contributed by atoms with Gasteiger partial charge in [0, 0.05) is 207 Å². The number of aliphatic hydroxyl groups is 4. The molecule has 0 atom stereocenters. The highest BCUT2D eigenvalue weighted by Gasteiger charge is 2.34. The molecule has 14 heterocycles. The Bertz CT molecular complexity index is 5990. The van der Waals surface area contributed by atoms with Crippen molar-refractivity contribution >= 4 is 125 Å². The standard InChI is InChI=1S/C26H34N6O2.C24H31N5O2.C23H30N6O2.C23H29N5O2.7C2H6.B/c1-27-26-28-15-23-21-7-2-17(16-31-13-12-30-10-8-18(31)9-11-30)14-22(21)25(34)32(24(23)29-26)19-3-5-20(33)6-4-19;1-25-24-26-14-21-19-10-5-16(15-28-11-3-2-4-12-28)13-20(19)23(31)29(22(21)27-24)17-6-8-18(30)9-7-17;1-24-23-26-13-20-18-7-2-15(14-28-10-8-25-9-11-28)12-19(18)22(31)29(21(20)27-23)16-3-5-17(30)6-4-16;1-24-23-25-14-20-18-10-7-16(27-11-3-2-4-12-27)13-19(18)22(30)28(21(20)26-23)15-5-8-17(29)9-6-15;7*1-2;/h2,7,14-15,18-20,33H,3-6,8-13,16H2,1H3,(H,27,28,29);5,10,13-14,17-18,30H,2-4,6-9,11-12,15H2,1H3,(H,25,26,27);2,7,12-13,16-17,25,30H,3-6,8-11,14H2,1H3,(H,24,26,27);7,10,13-15,17,29H,2-6,8-9,11-12H2,1H3,(H,24,25,26);7*1-2H3;. The van der Waals surface area contributed by atoms with E-state index in [2.05, 4.69) is 153 Å². The summed E-state index contributed by atoms with van der Waals surface area (Å²) in [6.45, 7) is 43.7. The molecule has 141 heavy (non-hydrogen) atoms. The molecule has 0 unspecified atom stereocenters. The van der Waals surface area contributed by atoms with Crippen molar-refractivity contribution in [2.75, 3.05) is 133 Å². The molecule has 0 spiro atoms. The number of anilines is 5. The van der Waals surface area contributed by atoms with Crippen LogP contribution < -0.4 is 53.7 Å². The van der Waals surface area contributed by atoms with Crippen LogP contribution in [0.15, 0.2) is 117 Å². The topological polar surface area (TPSA) is 348 Å². The summed E-state index contributed by atoms with van der Waals surface area (Å²) in [5.41, 5.74) is 7.44. The maximum Gasteiger partial charge on any atom is 0.260 e. The Kier molecular flexibility index (Phi) is 44.9. The second-order valence-corrected chi connectivity index (χ2v) is 36.6. The Balaban J connectivity index is 0.000000185. The Morgan fingerprint density at radius 1 is 0.298 bits per heavy atom. The maximum absolute atomic E-state index is 13.9. The predicted molar refractivity (Wildman–Crippen MR) is 586 cm³/mol. The van der Waals surface area contributed by atoms with Gasteiger partial charge in [-0.3, -0.25) is 52.1 Å². The van der Waals surface area contributed by atoms with E-state index in [0.29, 0.717) is 90.9 Å². The monoisotopic (exact) mass is 1930 g/mol. The van der Waals surface area contributed by atoms with E-state index in [9.17, 15) is 39.6 Å². The highest BCUT2D eigenvalue weighted by Crippen LogP contribution is 2.40. The predicted octanol–water partition coefficient (Wildman–Crippen LogP) is 18.3. The second-order valence-electron chi connectivity index (χ2n) is 36.6. The molecule has 4 aromatic carbocycles. The molecule has 6 saturated heterocycles. The average molecular weight is 1940 g/mol. The first kappa shape index (κ1) is 113. The molecule has 2 bridgehead atoms. The molecular weight excluding hydrogens is 1770 g/mol. The zero-order valence-corrected chi connectivity index (χ0v) is 88.1. The van der Waals surface area contributed by atoms with Crippen LogP contribution in [0.5, 0.6) is 0 Å². The molecule has 3 radical (unpaired) electrons. The Hall–Kier alpha value is -10.2. The van der Waals surface area contributed by atoms with Gasteiger partial charge in [0.25, 0.3) is 22.2 Å². The SMILES string of the molecule is CC.CC.CC.CC.CC.CC.CC.CNc1ncc2c3ccc(CN4CCCCC4)cc3c(=O)n(C3CCC(O)CC3)c2n1.CNc1ncc2c3ccc(CN4CCN5CCC4CC5)cc3c(=O)n(C3CCC(O)CC3)c2n1.CNc1ncc2c3ccc(CN4CCNCC4)cc3c(=O)n(C3CCC(O)CC3)c2n1.CNc1ncc2c3ccc(N4CCCCC4)cc3c(=O)n(C3CCC(O)CC3)c2n1.[B]. The van der Waals surface area contributed by atoms with E-state index in [1.54, 1.807) is 28.2 Å². The number of hydrogen-bond acceptors (Lipinski definition) is 26. The fourth-order valence-corrected chi connectivity index (χ4v) is 21.5. The number of piperazine rings is 1. The number of pyridine rings is 4. The van der Waals surface area contributed by atoms with Crippen LogP contribution in [-0.4, -0.2) is 244 Å². The third-order valence-electron chi connectivity index (χ3n) is 28.6. The molecule has 0 amide bonds. The van der Waals surface area contributed by atoms with Crippen molar-refractivity contribution in [3.8, 4) is 0 Å². The van der Waals surface area contributed by atoms with Crippen LogP contribution in [0.1, 0.15) is 292 Å². The lowest BCUT2D eigenvalue weighted by atomic mass is 9.92. The first-order valence-electron chi connectivity index (χ1n) is 53.7. The summed E-state index contributed by atoms with van der Waals surface area (Å²) in [5.74, 6) is 2.04. The van der Waals surface area contributed by atoms with Crippen molar-refractivity contribution in [3.05, 3.63) is 156 Å². The lowest BCUT2D eigenvalue weighted by Gasteiger charge is -2.31. The number of piperidine rings is 3. The summed E-state index contributed by atoms with van der Waals surface area (Å²) >= 11 is 0. The summed E-state index contributed by atoms with van der Waals surface area (Å²) in [7, 11) is 7.14. The fraction of sp³-hybridized carbons (Fsp3) is 0.600. The maximum atomic E-state index is 13.9. The van der Waals surface area contributed by atoms with Gasteiger partial charge in [0.05, 0.1) is 29.8 Å². The summed E-state index contributed by atoms with van der Waals surface area (Å²) in [5, 5.41) is 65.5. The summed E-state index contributed by atoms with van der Waals surface area (Å²) < 4.78 is 7.49. The van der Waals surface area contributed by atoms with Gasteiger partial charge in [0.15, 0.2) is 0 Å². The number of hydrogen-bond donors (Lipinski definition) is 9. The van der Waals surface area contributed by atoms with Gasteiger partial charge in [-0.2, -0.15) is 19.9 Å². The molecule has 8 aromatic heterocycles. The van der Waals surface area contributed by atoms with Crippen molar-refractivity contribution in [2.24, 2.45) is 0 Å². The molecule has 10 fully saturated rings. The molecule has 4 saturated carbocycles. The second kappa shape index (κ2) is 56.2. The average Bonchev–Trinajstić information content (AvgIpc) is 1.01. The molecule has 22 rings (SSSR count). The van der Waals surface area contributed by atoms with E-state index in [-0.39, 0.29) is 79.2 Å². The lowest BCUT2D eigenvalue weighted by Crippen LogP contribution is -2.42. The van der Waals surface area contributed by atoms with Crippen LogP contribution >= 0.6 is 0 Å². The minimum absolute atomic E-state index is 0. The summed E-state index contributed by atoms with van der Waals surface area (Å²) in [6.07, 6.45) is 28.2. The number of nitrogens with zero attached hydrogens (tertiary/aromatic N) is 17. The summed E-state index contributed by atoms with van der Waals surface area (Å²) in [6, 6.07) is 25.9. The number of likely N-dealkylation sites (tertiary alicyclic amines) is 1. The molecule has 12 aromatic rings. The third kappa shape index (κ3) is 26.9. The third-order valence-corrected chi connectivity index (χ3v) is 28.6. The van der Waals surface area contributed by atoms with Gasteiger partial charge in [-0.1, -0.05) is 146 Å². The van der Waals surface area contributed by atoms with E-state index < -0.39 is 0 Å². The number of nitrogens with one attached hydrogen (secondary N) is 5. The number of fused-ring (bicyclic) bond motifs is 16. The Morgan fingerprint density at radius 3 is 0.894 bits per heavy atom. The smallest absolute Gasteiger partial charge is 0.260 e. The van der Waals surface area contributed by atoms with Crippen molar-refractivity contribution in [3.63, 3.8) is 0 Å². The van der Waals surface area contributed by atoms with Crippen molar-refractivity contribution in [1.29, 1.82) is 0 Å². The highest BCUT2D eigenvalue weighted by molar-refractivity contribution is 6.08. The summed E-state index contributed by atoms with van der Waals surface area (Å²) in [4.78, 5) is 104. The first-order chi connectivity index (χ1) is 68.5. The van der Waals surface area contributed by atoms with E-state index >= 15 is 0 Å². The van der Waals surface area contributed by atoms with Crippen LogP contribution in [0, 0.1) is 0 Å². The first-order valence-corrected chi connectivity index (χ1v) is 53.7. The largest absolute Gasteiger partial charge is 0.393 e. The number of aliphatic hydroxyl groups excluding tert-OH is 4. The van der Waals surface area contributed by atoms with Crippen LogP contribution in [0.4, 0.5) is 29.5 Å². The van der Waals surface area contributed by atoms with E-state index in [1.165, 1.54) is 75.6 Å². The molecule has 30 nitrogen and oxygen atoms in total. The van der Waals surface area contributed by atoms with Gasteiger partial charge in [0.1, 0.15) is 22.6 Å². The molecule has 31 heteroatoms. The van der Waals surface area contributed by atoms with Gasteiger partial charge < -0.3 is 56.8 Å². The van der Waals surface area contributed by atoms with Crippen molar-refractivity contribution in [2.45, 2.75) is 325 Å². The molecule has 10 aliphatic rings. The highest BCUT2D eigenvalue weighted by atomic mass is 16.3. The molecule has 9 N–H and O–H groups in total. The zero-order chi connectivity index (χ0) is 101. The molecule has 767 valence electrons. The number of benzene rings is 4. The van der Waals surface area contributed by atoms with E-state index in [1.807, 2.05) is 146 Å². The molecule has 6 aliphatic heterocycles. The van der Waals surface area contributed by atoms with Crippen LogP contribution in [0.25, 0.3) is 87.2 Å². The zero-order valence-electron chi connectivity index (χ0n) is 88.1. The van der Waals surface area contributed by atoms with E-state index in [0.717, 1.165) is 225 Å². The van der Waals surface area contributed by atoms with Gasteiger partial charge in [0.2, 0.25) is 23.8 Å². The van der Waals surface area contributed by atoms with E-state index in [4.69, 9.17) is 4.98 Å². The van der Waals surface area contributed by atoms with Gasteiger partial charge in [-0.25, -0.2) is 19.9 Å². The normalized spacial score (nSPS) is 21.8. The van der Waals surface area contributed by atoms with Gasteiger partial charge >= 0.3 is 0 Å². The van der Waals surface area contributed by atoms with Crippen LogP contribution in [0.2, 0.25) is 0 Å². The number of aromatic nitrogens is 12. The molecule has 4 aliphatic carbocycles.